The highest BCUT2D eigenvalue weighted by molar-refractivity contribution is 7.89. The van der Waals surface area contributed by atoms with Crippen LogP contribution < -0.4 is 5.32 Å². The van der Waals surface area contributed by atoms with Gasteiger partial charge in [-0.3, -0.25) is 0 Å². The Balaban J connectivity index is 0.00000161. The molecule has 2 atom stereocenters. The summed E-state index contributed by atoms with van der Waals surface area (Å²) >= 11 is 12.0. The molecular formula is C13H17Cl3N2O2S. The van der Waals surface area contributed by atoms with E-state index in [0.717, 1.165) is 25.8 Å². The Morgan fingerprint density at radius 2 is 1.86 bits per heavy atom. The predicted octanol–water partition coefficient (Wildman–Crippen LogP) is 2.93. The number of benzene rings is 1. The molecule has 1 N–H and O–H groups in total. The molecule has 0 radical (unpaired) electrons. The third-order valence-corrected chi connectivity index (χ3v) is 6.76. The molecular weight excluding hydrogens is 355 g/mol. The van der Waals surface area contributed by atoms with Gasteiger partial charge >= 0.3 is 0 Å². The van der Waals surface area contributed by atoms with E-state index in [1.54, 1.807) is 10.4 Å². The summed E-state index contributed by atoms with van der Waals surface area (Å²) < 4.78 is 27.5. The maximum Gasteiger partial charge on any atom is 0.245 e. The molecule has 2 saturated heterocycles. The van der Waals surface area contributed by atoms with Crippen LogP contribution in [0.4, 0.5) is 0 Å². The van der Waals surface area contributed by atoms with E-state index in [2.05, 4.69) is 5.32 Å². The molecule has 2 aliphatic heterocycles. The molecule has 0 aromatic heterocycles. The Hall–Kier alpha value is -0.0400. The van der Waals surface area contributed by atoms with E-state index in [1.807, 2.05) is 0 Å². The SMILES string of the molecule is Cl.O=S(=O)(c1cc(Cl)ccc1Cl)N1C2CCNCC1CC2. The van der Waals surface area contributed by atoms with Crippen LogP contribution >= 0.6 is 35.6 Å². The van der Waals surface area contributed by atoms with Crippen molar-refractivity contribution in [1.82, 2.24) is 9.62 Å². The van der Waals surface area contributed by atoms with E-state index in [-0.39, 0.29) is 34.4 Å². The van der Waals surface area contributed by atoms with E-state index >= 15 is 0 Å². The van der Waals surface area contributed by atoms with Crippen LogP contribution in [-0.2, 0) is 10.0 Å². The molecule has 8 heteroatoms. The lowest BCUT2D eigenvalue weighted by molar-refractivity contribution is 0.334. The Kier molecular flexibility index (Phi) is 5.45. The first-order valence-electron chi connectivity index (χ1n) is 6.69. The molecule has 1 aromatic rings. The minimum atomic E-state index is -3.60. The lowest BCUT2D eigenvalue weighted by atomic mass is 10.1. The second kappa shape index (κ2) is 6.60. The zero-order valence-corrected chi connectivity index (χ0v) is 14.4. The summed E-state index contributed by atoms with van der Waals surface area (Å²) in [6, 6.07) is 4.66. The van der Waals surface area contributed by atoms with Crippen molar-refractivity contribution in [2.75, 3.05) is 13.1 Å². The van der Waals surface area contributed by atoms with E-state index in [9.17, 15) is 8.42 Å². The Labute approximate surface area is 141 Å². The fourth-order valence-electron chi connectivity index (χ4n) is 3.12. The molecule has 21 heavy (non-hydrogen) atoms. The van der Waals surface area contributed by atoms with Crippen molar-refractivity contribution in [3.8, 4) is 0 Å². The average Bonchev–Trinajstić information content (AvgIpc) is 2.66. The second-order valence-electron chi connectivity index (χ2n) is 5.29. The van der Waals surface area contributed by atoms with E-state index < -0.39 is 10.0 Å². The number of sulfonamides is 1. The summed E-state index contributed by atoms with van der Waals surface area (Å²) in [6.07, 6.45) is 2.66. The van der Waals surface area contributed by atoms with Gasteiger partial charge in [-0.1, -0.05) is 23.2 Å². The second-order valence-corrected chi connectivity index (χ2v) is 7.94. The van der Waals surface area contributed by atoms with Crippen molar-refractivity contribution in [1.29, 1.82) is 0 Å². The van der Waals surface area contributed by atoms with Gasteiger partial charge in [0.25, 0.3) is 0 Å². The highest BCUT2D eigenvalue weighted by atomic mass is 35.5. The van der Waals surface area contributed by atoms with Crippen molar-refractivity contribution >= 4 is 45.6 Å². The van der Waals surface area contributed by atoms with Crippen molar-refractivity contribution in [3.63, 3.8) is 0 Å². The van der Waals surface area contributed by atoms with Gasteiger partial charge in [-0.15, -0.1) is 12.4 Å². The first kappa shape index (κ1) is 17.3. The average molecular weight is 372 g/mol. The fraction of sp³-hybridized carbons (Fsp3) is 0.538. The molecule has 0 spiro atoms. The van der Waals surface area contributed by atoms with Crippen LogP contribution in [0.25, 0.3) is 0 Å². The van der Waals surface area contributed by atoms with Gasteiger partial charge in [-0.25, -0.2) is 8.42 Å². The van der Waals surface area contributed by atoms with Crippen LogP contribution in [0, 0.1) is 0 Å². The molecule has 0 aliphatic carbocycles. The molecule has 0 amide bonds. The highest BCUT2D eigenvalue weighted by Gasteiger charge is 2.43. The fourth-order valence-corrected chi connectivity index (χ4v) is 5.76. The first-order chi connectivity index (χ1) is 9.50. The largest absolute Gasteiger partial charge is 0.315 e. The summed E-state index contributed by atoms with van der Waals surface area (Å²) in [5.74, 6) is 0. The van der Waals surface area contributed by atoms with Crippen LogP contribution in [-0.4, -0.2) is 37.9 Å². The maximum absolute atomic E-state index is 12.9. The van der Waals surface area contributed by atoms with Crippen molar-refractivity contribution in [2.45, 2.75) is 36.2 Å². The number of rotatable bonds is 2. The third kappa shape index (κ3) is 3.19. The van der Waals surface area contributed by atoms with E-state index in [4.69, 9.17) is 23.2 Å². The summed E-state index contributed by atoms with van der Waals surface area (Å²) in [5, 5.41) is 3.90. The quantitative estimate of drug-likeness (QED) is 0.869. The molecule has 4 nitrogen and oxygen atoms in total. The van der Waals surface area contributed by atoms with Gasteiger partial charge in [0.05, 0.1) is 5.02 Å². The number of nitrogens with zero attached hydrogens (tertiary/aromatic N) is 1. The van der Waals surface area contributed by atoms with Crippen LogP contribution in [0.1, 0.15) is 19.3 Å². The summed E-state index contributed by atoms with van der Waals surface area (Å²) in [7, 11) is -3.60. The predicted molar refractivity (Wildman–Crippen MR) is 87.0 cm³/mol. The monoisotopic (exact) mass is 370 g/mol. The lowest BCUT2D eigenvalue weighted by Crippen LogP contribution is -2.42. The molecule has 2 bridgehead atoms. The molecule has 3 rings (SSSR count). The first-order valence-corrected chi connectivity index (χ1v) is 8.89. The normalized spacial score (nSPS) is 26.2. The maximum atomic E-state index is 12.9. The summed E-state index contributed by atoms with van der Waals surface area (Å²) in [4.78, 5) is 0.116. The standard InChI is InChI=1S/C13H16Cl2N2O2S.ClH/c14-9-1-4-12(15)13(7-9)20(18,19)17-10-2-3-11(17)8-16-6-5-10;/h1,4,7,10-11,16H,2-3,5-6,8H2;1H. The van der Waals surface area contributed by atoms with Crippen LogP contribution in [0.2, 0.25) is 10.0 Å². The van der Waals surface area contributed by atoms with Gasteiger partial charge in [-0.2, -0.15) is 4.31 Å². The van der Waals surface area contributed by atoms with Crippen LogP contribution in [0.15, 0.2) is 23.1 Å². The van der Waals surface area contributed by atoms with E-state index in [0.29, 0.717) is 11.6 Å². The number of nitrogens with one attached hydrogen (secondary N) is 1. The van der Waals surface area contributed by atoms with Crippen molar-refractivity contribution in [3.05, 3.63) is 28.2 Å². The van der Waals surface area contributed by atoms with Gasteiger partial charge in [-0.05, 0) is 44.0 Å². The lowest BCUT2D eigenvalue weighted by Gasteiger charge is -2.27. The summed E-state index contributed by atoms with van der Waals surface area (Å²) in [5.41, 5.74) is 0. The molecule has 1 aromatic carbocycles. The van der Waals surface area contributed by atoms with Crippen LogP contribution in [0.3, 0.4) is 0 Å². The number of halogens is 3. The smallest absolute Gasteiger partial charge is 0.245 e. The molecule has 0 saturated carbocycles. The van der Waals surface area contributed by atoms with E-state index in [1.165, 1.54) is 12.1 Å². The zero-order chi connectivity index (χ0) is 14.3. The zero-order valence-electron chi connectivity index (χ0n) is 11.3. The van der Waals surface area contributed by atoms with Gasteiger partial charge in [0.2, 0.25) is 10.0 Å². The third-order valence-electron chi connectivity index (χ3n) is 4.04. The Morgan fingerprint density at radius 1 is 1.14 bits per heavy atom. The minimum absolute atomic E-state index is 0. The van der Waals surface area contributed by atoms with Gasteiger partial charge in [0.1, 0.15) is 4.90 Å². The minimum Gasteiger partial charge on any atom is -0.315 e. The number of fused-ring (bicyclic) bond motifs is 2. The van der Waals surface area contributed by atoms with Gasteiger partial charge in [0.15, 0.2) is 0 Å². The molecule has 118 valence electrons. The Morgan fingerprint density at radius 3 is 2.62 bits per heavy atom. The number of hydrogen-bond donors (Lipinski definition) is 1. The molecule has 2 heterocycles. The topological polar surface area (TPSA) is 49.4 Å². The van der Waals surface area contributed by atoms with Gasteiger partial charge < -0.3 is 5.32 Å². The summed E-state index contributed by atoms with van der Waals surface area (Å²) in [6.45, 7) is 1.56. The van der Waals surface area contributed by atoms with Crippen molar-refractivity contribution in [2.24, 2.45) is 0 Å². The van der Waals surface area contributed by atoms with Crippen molar-refractivity contribution < 1.29 is 8.42 Å². The van der Waals surface area contributed by atoms with Gasteiger partial charge in [0, 0.05) is 23.7 Å². The Bertz CT molecular complexity index is 610. The number of hydrogen-bond acceptors (Lipinski definition) is 3. The molecule has 2 aliphatic rings. The van der Waals surface area contributed by atoms with Crippen LogP contribution in [0.5, 0.6) is 0 Å². The highest BCUT2D eigenvalue weighted by Crippen LogP contribution is 2.36. The molecule has 2 unspecified atom stereocenters. The molecule has 2 fully saturated rings.